The van der Waals surface area contributed by atoms with Crippen molar-refractivity contribution in [2.75, 3.05) is 37.9 Å². The van der Waals surface area contributed by atoms with Crippen LogP contribution in [-0.2, 0) is 6.54 Å². The third-order valence-electron chi connectivity index (χ3n) is 3.91. The molecule has 1 aliphatic rings. The topological polar surface area (TPSA) is 48.8 Å². The molecule has 1 saturated heterocycles. The van der Waals surface area contributed by atoms with E-state index in [1.54, 1.807) is 0 Å². The lowest BCUT2D eigenvalue weighted by atomic mass is 10.2. The molecule has 0 unspecified atom stereocenters. The lowest BCUT2D eigenvalue weighted by Crippen LogP contribution is -2.46. The van der Waals surface area contributed by atoms with Crippen molar-refractivity contribution in [2.24, 2.45) is 0 Å². The number of pyridine rings is 1. The number of ether oxygens (including phenoxy) is 1. The van der Waals surface area contributed by atoms with E-state index in [1.165, 1.54) is 5.56 Å². The van der Waals surface area contributed by atoms with E-state index in [2.05, 4.69) is 33.0 Å². The van der Waals surface area contributed by atoms with Crippen LogP contribution in [0.25, 0.3) is 0 Å². The van der Waals surface area contributed by atoms with Crippen molar-refractivity contribution < 1.29 is 9.84 Å². The van der Waals surface area contributed by atoms with Gasteiger partial charge in [0.25, 0.3) is 0 Å². The zero-order valence-corrected chi connectivity index (χ0v) is 12.6. The Hall–Kier alpha value is -2.11. The van der Waals surface area contributed by atoms with Crippen LogP contribution in [0.3, 0.4) is 0 Å². The third kappa shape index (κ3) is 3.75. The van der Waals surface area contributed by atoms with Crippen molar-refractivity contribution in [1.82, 2.24) is 9.88 Å². The van der Waals surface area contributed by atoms with Crippen LogP contribution >= 0.6 is 0 Å². The number of hydrogen-bond acceptors (Lipinski definition) is 5. The highest BCUT2D eigenvalue weighted by Gasteiger charge is 2.17. The predicted molar refractivity (Wildman–Crippen MR) is 85.9 cm³/mol. The van der Waals surface area contributed by atoms with Crippen molar-refractivity contribution in [3.63, 3.8) is 0 Å². The van der Waals surface area contributed by atoms with Gasteiger partial charge < -0.3 is 14.7 Å². The predicted octanol–water partition coefficient (Wildman–Crippen LogP) is 1.73. The van der Waals surface area contributed by atoms with Crippen LogP contribution < -0.4 is 9.64 Å². The maximum absolute atomic E-state index is 8.73. The van der Waals surface area contributed by atoms with E-state index in [4.69, 9.17) is 9.84 Å². The Balaban J connectivity index is 1.51. The number of anilines is 1. The smallest absolute Gasteiger partial charge is 0.186 e. The summed E-state index contributed by atoms with van der Waals surface area (Å²) in [5, 5.41) is 8.73. The molecule has 0 radical (unpaired) electrons. The minimum absolute atomic E-state index is 0.283. The van der Waals surface area contributed by atoms with Gasteiger partial charge in [0.15, 0.2) is 6.79 Å². The fourth-order valence-corrected chi connectivity index (χ4v) is 2.70. The summed E-state index contributed by atoms with van der Waals surface area (Å²) in [5.41, 5.74) is 1.26. The summed E-state index contributed by atoms with van der Waals surface area (Å²) in [6.45, 7) is 4.73. The number of aromatic nitrogens is 1. The van der Waals surface area contributed by atoms with Gasteiger partial charge in [0, 0.05) is 38.9 Å². The first-order valence-electron chi connectivity index (χ1n) is 7.56. The monoisotopic (exact) mass is 299 g/mol. The third-order valence-corrected chi connectivity index (χ3v) is 3.91. The minimum Gasteiger partial charge on any atom is -0.468 e. The first kappa shape index (κ1) is 14.8. The molecule has 2 aromatic rings. The molecule has 1 aromatic heterocycles. The normalized spacial score (nSPS) is 15.8. The Morgan fingerprint density at radius 1 is 1.00 bits per heavy atom. The Morgan fingerprint density at radius 2 is 1.77 bits per heavy atom. The molecule has 1 aliphatic heterocycles. The lowest BCUT2D eigenvalue weighted by Gasteiger charge is -2.35. The molecular formula is C17H21N3O2. The fourth-order valence-electron chi connectivity index (χ4n) is 2.70. The molecule has 3 rings (SSSR count). The van der Waals surface area contributed by atoms with E-state index in [0.717, 1.165) is 38.5 Å². The van der Waals surface area contributed by atoms with Gasteiger partial charge in [-0.3, -0.25) is 4.90 Å². The standard InChI is InChI=1S/C17H21N3O2/c21-14-22-16-6-4-15(5-7-16)13-19-9-11-20(12-10-19)17-3-1-2-8-18-17/h1-8,21H,9-14H2. The van der Waals surface area contributed by atoms with Crippen molar-refractivity contribution in [1.29, 1.82) is 0 Å². The van der Waals surface area contributed by atoms with Crippen LogP contribution in [-0.4, -0.2) is 48.0 Å². The Morgan fingerprint density at radius 3 is 2.41 bits per heavy atom. The zero-order chi connectivity index (χ0) is 15.2. The van der Waals surface area contributed by atoms with E-state index in [0.29, 0.717) is 5.75 Å². The van der Waals surface area contributed by atoms with E-state index < -0.39 is 0 Å². The molecule has 22 heavy (non-hydrogen) atoms. The van der Waals surface area contributed by atoms with Crippen molar-refractivity contribution in [2.45, 2.75) is 6.54 Å². The first-order chi connectivity index (χ1) is 10.8. The van der Waals surface area contributed by atoms with Crippen LogP contribution in [0, 0.1) is 0 Å². The van der Waals surface area contributed by atoms with Gasteiger partial charge in [-0.2, -0.15) is 0 Å². The van der Waals surface area contributed by atoms with Crippen LogP contribution in [0.15, 0.2) is 48.7 Å². The van der Waals surface area contributed by atoms with Crippen LogP contribution in [0.4, 0.5) is 5.82 Å². The Labute approximate surface area is 130 Å². The van der Waals surface area contributed by atoms with Crippen molar-refractivity contribution in [3.8, 4) is 5.75 Å². The highest BCUT2D eigenvalue weighted by molar-refractivity contribution is 5.38. The molecule has 0 spiro atoms. The van der Waals surface area contributed by atoms with Gasteiger partial charge >= 0.3 is 0 Å². The second kappa shape index (κ2) is 7.24. The molecule has 1 aromatic carbocycles. The molecule has 0 aliphatic carbocycles. The average Bonchev–Trinajstić information content (AvgIpc) is 2.58. The van der Waals surface area contributed by atoms with Gasteiger partial charge in [0.05, 0.1) is 0 Å². The Bertz CT molecular complexity index is 566. The molecule has 0 amide bonds. The molecule has 0 atom stereocenters. The first-order valence-corrected chi connectivity index (χ1v) is 7.56. The van der Waals surface area contributed by atoms with Crippen LogP contribution in [0.2, 0.25) is 0 Å². The molecule has 1 fully saturated rings. The number of benzene rings is 1. The zero-order valence-electron chi connectivity index (χ0n) is 12.6. The van der Waals surface area contributed by atoms with Crippen LogP contribution in [0.5, 0.6) is 5.75 Å². The summed E-state index contributed by atoms with van der Waals surface area (Å²) >= 11 is 0. The largest absolute Gasteiger partial charge is 0.468 e. The lowest BCUT2D eigenvalue weighted by molar-refractivity contribution is 0.0985. The molecule has 116 valence electrons. The second-order valence-corrected chi connectivity index (χ2v) is 5.37. The molecular weight excluding hydrogens is 278 g/mol. The molecule has 2 heterocycles. The van der Waals surface area contributed by atoms with Gasteiger partial charge in [-0.15, -0.1) is 0 Å². The number of aliphatic hydroxyl groups is 1. The molecule has 5 heteroatoms. The average molecular weight is 299 g/mol. The summed E-state index contributed by atoms with van der Waals surface area (Å²) in [4.78, 5) is 9.19. The van der Waals surface area contributed by atoms with Crippen LogP contribution in [0.1, 0.15) is 5.56 Å². The summed E-state index contributed by atoms with van der Waals surface area (Å²) in [7, 11) is 0. The second-order valence-electron chi connectivity index (χ2n) is 5.37. The van der Waals surface area contributed by atoms with Gasteiger partial charge in [-0.25, -0.2) is 4.98 Å². The van der Waals surface area contributed by atoms with E-state index in [1.807, 2.05) is 30.5 Å². The Kier molecular flexibility index (Phi) is 4.88. The highest BCUT2D eigenvalue weighted by Crippen LogP contribution is 2.16. The van der Waals surface area contributed by atoms with Gasteiger partial charge in [-0.05, 0) is 29.8 Å². The van der Waals surface area contributed by atoms with E-state index in [9.17, 15) is 0 Å². The maximum Gasteiger partial charge on any atom is 0.186 e. The molecule has 1 N–H and O–H groups in total. The molecule has 5 nitrogen and oxygen atoms in total. The number of hydrogen-bond donors (Lipinski definition) is 1. The molecule has 0 saturated carbocycles. The van der Waals surface area contributed by atoms with Gasteiger partial charge in [-0.1, -0.05) is 18.2 Å². The summed E-state index contributed by atoms with van der Waals surface area (Å²) < 4.78 is 5.04. The van der Waals surface area contributed by atoms with E-state index >= 15 is 0 Å². The minimum atomic E-state index is -0.283. The summed E-state index contributed by atoms with van der Waals surface area (Å²) in [6.07, 6.45) is 1.84. The summed E-state index contributed by atoms with van der Waals surface area (Å²) in [6, 6.07) is 13.9. The van der Waals surface area contributed by atoms with E-state index in [-0.39, 0.29) is 6.79 Å². The van der Waals surface area contributed by atoms with Gasteiger partial charge in [0.1, 0.15) is 11.6 Å². The number of rotatable bonds is 5. The molecule has 0 bridgehead atoms. The van der Waals surface area contributed by atoms with Gasteiger partial charge in [0.2, 0.25) is 0 Å². The number of nitrogens with zero attached hydrogens (tertiary/aromatic N) is 3. The maximum atomic E-state index is 8.73. The fraction of sp³-hybridized carbons (Fsp3) is 0.353. The summed E-state index contributed by atoms with van der Waals surface area (Å²) in [5.74, 6) is 1.76. The van der Waals surface area contributed by atoms with Crippen molar-refractivity contribution >= 4 is 5.82 Å². The quantitative estimate of drug-likeness (QED) is 0.852. The number of aliphatic hydroxyl groups excluding tert-OH is 1. The SMILES string of the molecule is OCOc1ccc(CN2CCN(c3ccccn3)CC2)cc1. The number of piperazine rings is 1. The highest BCUT2D eigenvalue weighted by atomic mass is 16.6. The van der Waals surface area contributed by atoms with Crippen molar-refractivity contribution in [3.05, 3.63) is 54.2 Å².